The van der Waals surface area contributed by atoms with Gasteiger partial charge < -0.3 is 5.73 Å². The number of unbranched alkanes of at least 4 members (excludes halogenated alkanes) is 3. The van der Waals surface area contributed by atoms with Gasteiger partial charge in [0.2, 0.25) is 0 Å². The first-order chi connectivity index (χ1) is 7.74. The molecule has 0 bridgehead atoms. The van der Waals surface area contributed by atoms with E-state index in [0.29, 0.717) is 5.84 Å². The average Bonchev–Trinajstić information content (AvgIpc) is 2.29. The van der Waals surface area contributed by atoms with Gasteiger partial charge in [0, 0.05) is 16.6 Å². The van der Waals surface area contributed by atoms with Crippen molar-refractivity contribution in [3.8, 4) is 0 Å². The molecule has 0 radical (unpaired) electrons. The molecule has 1 rings (SSSR count). The van der Waals surface area contributed by atoms with Crippen LogP contribution in [0.2, 0.25) is 0 Å². The van der Waals surface area contributed by atoms with Crippen LogP contribution in [0.1, 0.15) is 38.2 Å². The summed E-state index contributed by atoms with van der Waals surface area (Å²) in [6, 6.07) is 7.92. The highest BCUT2D eigenvalue weighted by Crippen LogP contribution is 2.10. The van der Waals surface area contributed by atoms with Gasteiger partial charge in [-0.25, -0.2) is 0 Å². The van der Waals surface area contributed by atoms with Gasteiger partial charge in [-0.2, -0.15) is 0 Å². The molecule has 2 N–H and O–H groups in total. The third kappa shape index (κ3) is 4.79. The van der Waals surface area contributed by atoms with Crippen LogP contribution in [-0.2, 0) is 0 Å². The molecule has 0 fully saturated rings. The smallest absolute Gasteiger partial charge is 0.125 e. The third-order valence-corrected chi connectivity index (χ3v) is 2.96. The molecule has 0 amide bonds. The Bertz CT molecular complexity index is 330. The zero-order valence-corrected chi connectivity index (χ0v) is 11.3. The summed E-state index contributed by atoms with van der Waals surface area (Å²) in [5.74, 6) is 0.643. The number of nitrogens with two attached hydrogens (primary N) is 1. The maximum absolute atomic E-state index is 5.89. The number of benzene rings is 1. The summed E-state index contributed by atoms with van der Waals surface area (Å²) < 4.78 is 1.06. The maximum Gasteiger partial charge on any atom is 0.125 e. The fraction of sp³-hybridized carbons (Fsp3) is 0.462. The van der Waals surface area contributed by atoms with Crippen LogP contribution in [0.25, 0.3) is 0 Å². The Balaban J connectivity index is 2.41. The normalized spacial score (nSPS) is 11.8. The van der Waals surface area contributed by atoms with Crippen molar-refractivity contribution in [2.24, 2.45) is 10.7 Å². The van der Waals surface area contributed by atoms with Gasteiger partial charge in [0.15, 0.2) is 0 Å². The van der Waals surface area contributed by atoms with Crippen molar-refractivity contribution < 1.29 is 0 Å². The Hall–Kier alpha value is -0.830. The third-order valence-electron chi connectivity index (χ3n) is 2.43. The van der Waals surface area contributed by atoms with Crippen LogP contribution in [0, 0.1) is 0 Å². The molecule has 2 nitrogen and oxygen atoms in total. The highest BCUT2D eigenvalue weighted by molar-refractivity contribution is 9.10. The predicted octanol–water partition coefficient (Wildman–Crippen LogP) is 3.73. The van der Waals surface area contributed by atoms with Crippen molar-refractivity contribution in [2.45, 2.75) is 32.6 Å². The van der Waals surface area contributed by atoms with Crippen molar-refractivity contribution in [1.82, 2.24) is 0 Å². The Morgan fingerprint density at radius 2 is 1.88 bits per heavy atom. The number of aliphatic imine (C=N–C) groups is 1. The van der Waals surface area contributed by atoms with E-state index >= 15 is 0 Å². The standard InChI is InChI=1S/C13H19BrN2/c1-2-3-4-5-10-16-13(15)11-6-8-12(14)9-7-11/h6-9H,2-5,10H2,1H3,(H2,15,16). The summed E-state index contributed by atoms with van der Waals surface area (Å²) in [6.45, 7) is 3.04. The van der Waals surface area contributed by atoms with Crippen molar-refractivity contribution in [1.29, 1.82) is 0 Å². The molecule has 16 heavy (non-hydrogen) atoms. The van der Waals surface area contributed by atoms with E-state index < -0.39 is 0 Å². The largest absolute Gasteiger partial charge is 0.384 e. The Morgan fingerprint density at radius 3 is 2.50 bits per heavy atom. The summed E-state index contributed by atoms with van der Waals surface area (Å²) in [5, 5.41) is 0. The molecule has 0 saturated carbocycles. The molecule has 0 atom stereocenters. The molecule has 0 spiro atoms. The first-order valence-electron chi connectivity index (χ1n) is 5.80. The minimum Gasteiger partial charge on any atom is -0.384 e. The molecule has 88 valence electrons. The monoisotopic (exact) mass is 282 g/mol. The lowest BCUT2D eigenvalue weighted by Gasteiger charge is -2.01. The number of rotatable bonds is 6. The molecule has 0 aromatic heterocycles. The Kier molecular flexibility index (Phi) is 6.16. The average molecular weight is 283 g/mol. The number of nitrogens with zero attached hydrogens (tertiary/aromatic N) is 1. The van der Waals surface area contributed by atoms with Crippen LogP contribution in [0.3, 0.4) is 0 Å². The highest BCUT2D eigenvalue weighted by Gasteiger charge is 1.97. The van der Waals surface area contributed by atoms with Gasteiger partial charge in [0.25, 0.3) is 0 Å². The van der Waals surface area contributed by atoms with Crippen molar-refractivity contribution in [3.63, 3.8) is 0 Å². The fourth-order valence-corrected chi connectivity index (χ4v) is 1.71. The number of halogens is 1. The SMILES string of the molecule is CCCCCCN=C(N)c1ccc(Br)cc1. The number of hydrogen-bond donors (Lipinski definition) is 1. The quantitative estimate of drug-likeness (QED) is 0.482. The van der Waals surface area contributed by atoms with E-state index in [0.717, 1.165) is 23.0 Å². The molecule has 1 aromatic carbocycles. The van der Waals surface area contributed by atoms with Gasteiger partial charge in [0.05, 0.1) is 0 Å². The van der Waals surface area contributed by atoms with Crippen LogP contribution in [-0.4, -0.2) is 12.4 Å². The topological polar surface area (TPSA) is 38.4 Å². The first-order valence-corrected chi connectivity index (χ1v) is 6.59. The first kappa shape index (κ1) is 13.2. The second-order valence-electron chi connectivity index (χ2n) is 3.83. The highest BCUT2D eigenvalue weighted by atomic mass is 79.9. The van der Waals surface area contributed by atoms with Gasteiger partial charge >= 0.3 is 0 Å². The number of hydrogen-bond acceptors (Lipinski definition) is 1. The lowest BCUT2D eigenvalue weighted by molar-refractivity contribution is 0.675. The molecule has 1 aromatic rings. The summed E-state index contributed by atoms with van der Waals surface area (Å²) in [5.41, 5.74) is 6.89. The molecule has 0 saturated heterocycles. The lowest BCUT2D eigenvalue weighted by Crippen LogP contribution is -2.13. The molecule has 0 unspecified atom stereocenters. The van der Waals surface area contributed by atoms with E-state index in [9.17, 15) is 0 Å². The van der Waals surface area contributed by atoms with E-state index in [2.05, 4.69) is 27.8 Å². The predicted molar refractivity (Wildman–Crippen MR) is 73.9 cm³/mol. The second kappa shape index (κ2) is 7.44. The molecule has 0 heterocycles. The minimum atomic E-state index is 0.643. The molecular weight excluding hydrogens is 264 g/mol. The van der Waals surface area contributed by atoms with Crippen molar-refractivity contribution in [2.75, 3.05) is 6.54 Å². The van der Waals surface area contributed by atoms with E-state index in [1.54, 1.807) is 0 Å². The van der Waals surface area contributed by atoms with Crippen LogP contribution in [0.15, 0.2) is 33.7 Å². The van der Waals surface area contributed by atoms with Crippen LogP contribution in [0.4, 0.5) is 0 Å². The molecule has 0 aliphatic carbocycles. The Morgan fingerprint density at radius 1 is 1.19 bits per heavy atom. The van der Waals surface area contributed by atoms with Crippen LogP contribution < -0.4 is 5.73 Å². The van der Waals surface area contributed by atoms with Gasteiger partial charge in [0.1, 0.15) is 5.84 Å². The summed E-state index contributed by atoms with van der Waals surface area (Å²) in [4.78, 5) is 4.38. The van der Waals surface area contributed by atoms with Crippen molar-refractivity contribution in [3.05, 3.63) is 34.3 Å². The Labute approximate surface area is 106 Å². The number of amidine groups is 1. The molecule has 0 aliphatic rings. The van der Waals surface area contributed by atoms with E-state index in [4.69, 9.17) is 5.73 Å². The zero-order chi connectivity index (χ0) is 11.8. The van der Waals surface area contributed by atoms with Gasteiger partial charge in [-0.1, -0.05) is 54.2 Å². The second-order valence-corrected chi connectivity index (χ2v) is 4.75. The van der Waals surface area contributed by atoms with E-state index in [-0.39, 0.29) is 0 Å². The van der Waals surface area contributed by atoms with Gasteiger partial charge in [-0.15, -0.1) is 0 Å². The fourth-order valence-electron chi connectivity index (χ4n) is 1.45. The minimum absolute atomic E-state index is 0.643. The van der Waals surface area contributed by atoms with Gasteiger partial charge in [-0.3, -0.25) is 4.99 Å². The summed E-state index contributed by atoms with van der Waals surface area (Å²) in [6.07, 6.45) is 4.91. The summed E-state index contributed by atoms with van der Waals surface area (Å²) >= 11 is 3.39. The van der Waals surface area contributed by atoms with Crippen LogP contribution >= 0.6 is 15.9 Å². The van der Waals surface area contributed by atoms with Crippen LogP contribution in [0.5, 0.6) is 0 Å². The van der Waals surface area contributed by atoms with Gasteiger partial charge in [-0.05, 0) is 18.6 Å². The van der Waals surface area contributed by atoms with E-state index in [1.807, 2.05) is 24.3 Å². The zero-order valence-electron chi connectivity index (χ0n) is 9.75. The lowest BCUT2D eigenvalue weighted by atomic mass is 10.2. The summed E-state index contributed by atoms with van der Waals surface area (Å²) in [7, 11) is 0. The molecule has 3 heteroatoms. The molecular formula is C13H19BrN2. The van der Waals surface area contributed by atoms with E-state index in [1.165, 1.54) is 19.3 Å². The molecule has 0 aliphatic heterocycles. The van der Waals surface area contributed by atoms with Crippen molar-refractivity contribution >= 4 is 21.8 Å². The maximum atomic E-state index is 5.89.